The quantitative estimate of drug-likeness (QED) is 0.393. The van der Waals surface area contributed by atoms with Gasteiger partial charge < -0.3 is 5.11 Å². The summed E-state index contributed by atoms with van der Waals surface area (Å²) >= 11 is 0. The molecule has 1 N–H and O–H groups in total. The molecule has 0 spiro atoms. The monoisotopic (exact) mass is 68.0 g/mol. The fourth-order valence-electron chi connectivity index (χ4n) is 0.519. The maximum Gasteiger partial charge on any atom is 0.0858 e. The molecular formula is C4H4O. The number of hydrogen-bond donors (Lipinski definition) is 1. The van der Waals surface area contributed by atoms with Gasteiger partial charge in [-0.3, -0.25) is 0 Å². The zero-order valence-electron chi connectivity index (χ0n) is 2.68. The van der Waals surface area contributed by atoms with Crippen LogP contribution in [0.3, 0.4) is 0 Å². The van der Waals surface area contributed by atoms with Crippen LogP contribution in [0.25, 0.3) is 0 Å². The van der Waals surface area contributed by atoms with Gasteiger partial charge in [-0.15, -0.1) is 0 Å². The van der Waals surface area contributed by atoms with E-state index in [0.717, 1.165) is 0 Å². The van der Waals surface area contributed by atoms with Crippen LogP contribution in [0.15, 0.2) is 11.6 Å². The molecule has 0 radical (unpaired) electrons. The molecule has 0 bridgehead atoms. The lowest BCUT2D eigenvalue weighted by Gasteiger charge is -1.74. The van der Waals surface area contributed by atoms with Crippen molar-refractivity contribution < 1.29 is 5.11 Å². The third-order valence-electron chi connectivity index (χ3n) is 1.22. The fourth-order valence-corrected chi connectivity index (χ4v) is 0.519. The summed E-state index contributed by atoms with van der Waals surface area (Å²) < 4.78 is 0. The van der Waals surface area contributed by atoms with Crippen LogP contribution in [-0.2, 0) is 0 Å². The smallest absolute Gasteiger partial charge is 0.0858 e. The van der Waals surface area contributed by atoms with Crippen LogP contribution in [0.5, 0.6) is 0 Å². The molecule has 0 aromatic rings. The van der Waals surface area contributed by atoms with Crippen LogP contribution in [-0.4, -0.2) is 11.2 Å². The molecule has 26 valence electrons. The van der Waals surface area contributed by atoms with Gasteiger partial charge in [-0.25, -0.2) is 0 Å². The van der Waals surface area contributed by atoms with E-state index >= 15 is 0 Å². The zero-order valence-corrected chi connectivity index (χ0v) is 2.68. The van der Waals surface area contributed by atoms with E-state index in [4.69, 9.17) is 5.11 Å². The minimum Gasteiger partial charge on any atom is -0.388 e. The molecule has 1 heteroatoms. The standard InChI is InChI=1S/C4H4O/c5-4-2-1-3(2)4/h1-2,4-5H. The second-order valence-corrected chi connectivity index (χ2v) is 1.64. The largest absolute Gasteiger partial charge is 0.388 e. The van der Waals surface area contributed by atoms with Crippen molar-refractivity contribution in [3.05, 3.63) is 11.6 Å². The molecule has 2 rings (SSSR count). The Morgan fingerprint density at radius 1 is 1.80 bits per heavy atom. The first-order valence-electron chi connectivity index (χ1n) is 1.79. The summed E-state index contributed by atoms with van der Waals surface area (Å²) in [7, 11) is 0. The molecule has 0 saturated heterocycles. The van der Waals surface area contributed by atoms with Crippen molar-refractivity contribution in [3.63, 3.8) is 0 Å². The van der Waals surface area contributed by atoms with Crippen LogP contribution in [0.4, 0.5) is 0 Å². The molecule has 1 fully saturated rings. The van der Waals surface area contributed by atoms with Gasteiger partial charge >= 0.3 is 0 Å². The van der Waals surface area contributed by atoms with Gasteiger partial charge in [0.1, 0.15) is 0 Å². The number of hydrogen-bond acceptors (Lipinski definition) is 1. The van der Waals surface area contributed by atoms with E-state index in [1.54, 1.807) is 0 Å². The summed E-state index contributed by atoms with van der Waals surface area (Å²) in [6, 6.07) is 0. The summed E-state index contributed by atoms with van der Waals surface area (Å²) in [5.74, 6) is 0.565. The van der Waals surface area contributed by atoms with Crippen LogP contribution in [0.2, 0.25) is 0 Å². The summed E-state index contributed by atoms with van der Waals surface area (Å²) in [4.78, 5) is 0. The van der Waals surface area contributed by atoms with Crippen molar-refractivity contribution in [2.24, 2.45) is 5.92 Å². The van der Waals surface area contributed by atoms with E-state index in [0.29, 0.717) is 5.92 Å². The average Bonchev–Trinajstić information content (AvgIpc) is 2.11. The minimum atomic E-state index is 0.00926. The topological polar surface area (TPSA) is 20.2 Å². The van der Waals surface area contributed by atoms with Gasteiger partial charge in [0.2, 0.25) is 0 Å². The molecule has 0 heterocycles. The lowest BCUT2D eigenvalue weighted by atomic mass is 10.5. The highest BCUT2D eigenvalue weighted by atomic mass is 16.3. The lowest BCUT2D eigenvalue weighted by molar-refractivity contribution is 0.269. The highest BCUT2D eigenvalue weighted by Crippen LogP contribution is 2.53. The third-order valence-corrected chi connectivity index (χ3v) is 1.22. The highest BCUT2D eigenvalue weighted by Gasteiger charge is 2.52. The molecular weight excluding hydrogens is 64.0 g/mol. The normalized spacial score (nSPS) is 54.2. The Labute approximate surface area is 29.9 Å². The first-order valence-corrected chi connectivity index (χ1v) is 1.79. The maximum absolute atomic E-state index is 8.42. The molecule has 2 unspecified atom stereocenters. The number of fused-ring (bicyclic) bond motifs is 1. The molecule has 0 aromatic carbocycles. The van der Waals surface area contributed by atoms with Gasteiger partial charge in [0, 0.05) is 5.92 Å². The van der Waals surface area contributed by atoms with Crippen LogP contribution in [0, 0.1) is 5.92 Å². The van der Waals surface area contributed by atoms with E-state index in [2.05, 4.69) is 6.08 Å². The van der Waals surface area contributed by atoms with Gasteiger partial charge in [-0.1, -0.05) is 6.08 Å². The molecule has 0 aromatic heterocycles. The Hall–Kier alpha value is -0.300. The summed E-state index contributed by atoms with van der Waals surface area (Å²) in [5.41, 5.74) is 1.27. The highest BCUT2D eigenvalue weighted by molar-refractivity contribution is 5.52. The molecule has 0 aliphatic heterocycles. The van der Waals surface area contributed by atoms with Gasteiger partial charge in [-0.2, -0.15) is 0 Å². The van der Waals surface area contributed by atoms with E-state index in [-0.39, 0.29) is 6.10 Å². The van der Waals surface area contributed by atoms with Gasteiger partial charge in [0.05, 0.1) is 6.10 Å². The number of aliphatic hydroxyl groups is 1. The van der Waals surface area contributed by atoms with Crippen LogP contribution in [0.1, 0.15) is 0 Å². The molecule has 2 aliphatic carbocycles. The lowest BCUT2D eigenvalue weighted by Crippen LogP contribution is -1.81. The Balaban J connectivity index is 2.42. The summed E-state index contributed by atoms with van der Waals surface area (Å²) in [6.07, 6.45) is 2.08. The van der Waals surface area contributed by atoms with Gasteiger partial charge in [-0.05, 0) is 5.57 Å². The predicted molar refractivity (Wildman–Crippen MR) is 17.6 cm³/mol. The van der Waals surface area contributed by atoms with Crippen molar-refractivity contribution in [3.8, 4) is 0 Å². The number of aliphatic hydroxyl groups excluding tert-OH is 1. The molecule has 1 saturated carbocycles. The van der Waals surface area contributed by atoms with E-state index in [1.807, 2.05) is 0 Å². The average molecular weight is 68.1 g/mol. The maximum atomic E-state index is 8.42. The zero-order chi connectivity index (χ0) is 3.44. The molecule has 2 atom stereocenters. The van der Waals surface area contributed by atoms with Crippen molar-refractivity contribution in [1.29, 1.82) is 0 Å². The van der Waals surface area contributed by atoms with E-state index < -0.39 is 0 Å². The second-order valence-electron chi connectivity index (χ2n) is 1.64. The Kier molecular flexibility index (Phi) is 0.114. The minimum absolute atomic E-state index is 0.00926. The first kappa shape index (κ1) is 1.98. The van der Waals surface area contributed by atoms with Gasteiger partial charge in [0.15, 0.2) is 0 Å². The Bertz CT molecular complexity index is 104. The van der Waals surface area contributed by atoms with Crippen molar-refractivity contribution in [2.45, 2.75) is 6.10 Å². The molecule has 2 aliphatic rings. The van der Waals surface area contributed by atoms with E-state index in [1.165, 1.54) is 5.57 Å². The van der Waals surface area contributed by atoms with Crippen molar-refractivity contribution in [1.82, 2.24) is 0 Å². The summed E-state index contributed by atoms with van der Waals surface area (Å²) in [6.45, 7) is 0. The molecule has 5 heavy (non-hydrogen) atoms. The molecule has 1 nitrogen and oxygen atoms in total. The Morgan fingerprint density at radius 3 is 2.20 bits per heavy atom. The van der Waals surface area contributed by atoms with E-state index in [9.17, 15) is 0 Å². The molecule has 0 amide bonds. The number of rotatable bonds is 0. The fraction of sp³-hybridized carbons (Fsp3) is 0.500. The van der Waals surface area contributed by atoms with Crippen LogP contribution < -0.4 is 0 Å². The Morgan fingerprint density at radius 2 is 2.20 bits per heavy atom. The third kappa shape index (κ3) is 0.0781. The SMILES string of the molecule is OC1C2=CC21. The second kappa shape index (κ2) is 0.287. The van der Waals surface area contributed by atoms with Crippen LogP contribution >= 0.6 is 0 Å². The van der Waals surface area contributed by atoms with Crippen molar-refractivity contribution in [2.75, 3.05) is 0 Å². The summed E-state index contributed by atoms with van der Waals surface area (Å²) in [5, 5.41) is 8.42. The van der Waals surface area contributed by atoms with Crippen molar-refractivity contribution >= 4 is 0 Å². The first-order chi connectivity index (χ1) is 2.39. The van der Waals surface area contributed by atoms with Gasteiger partial charge in [0.25, 0.3) is 0 Å². The predicted octanol–water partition coefficient (Wildman–Crippen LogP) is -0.0829.